The maximum absolute atomic E-state index is 12.9. The lowest BCUT2D eigenvalue weighted by molar-refractivity contribution is -0.130. The third kappa shape index (κ3) is 5.54. The van der Waals surface area contributed by atoms with Crippen molar-refractivity contribution in [3.05, 3.63) is 65.2 Å². The van der Waals surface area contributed by atoms with Crippen LogP contribution in [0.2, 0.25) is 0 Å². The van der Waals surface area contributed by atoms with Gasteiger partial charge in [-0.1, -0.05) is 36.4 Å². The maximum Gasteiger partial charge on any atom is 0.342 e. The molecule has 0 bridgehead atoms. The minimum atomic E-state index is -0.907. The summed E-state index contributed by atoms with van der Waals surface area (Å²) in [7, 11) is 0. The average Bonchev–Trinajstić information content (AvgIpc) is 3.30. The largest absolute Gasteiger partial charge is 0.449 e. The zero-order valence-corrected chi connectivity index (χ0v) is 17.8. The molecule has 0 saturated heterocycles. The molecule has 2 aromatic heterocycles. The van der Waals surface area contributed by atoms with Gasteiger partial charge in [-0.2, -0.15) is 5.10 Å². The number of hydrogen-bond acceptors (Lipinski definition) is 5. The molecule has 0 aliphatic carbocycles. The number of benzene rings is 1. The molecule has 7 heteroatoms. The predicted octanol–water partition coefficient (Wildman–Crippen LogP) is 4.12. The molecule has 0 aliphatic rings. The summed E-state index contributed by atoms with van der Waals surface area (Å²) in [6, 6.07) is 13.7. The topological polar surface area (TPSA) is 73.2 Å². The van der Waals surface area contributed by atoms with Gasteiger partial charge in [-0.05, 0) is 44.7 Å². The molecule has 1 amide bonds. The smallest absolute Gasteiger partial charge is 0.342 e. The zero-order valence-electron chi connectivity index (χ0n) is 17.0. The molecule has 1 aromatic carbocycles. The Morgan fingerprint density at radius 3 is 2.52 bits per heavy atom. The zero-order chi connectivity index (χ0) is 21.0. The van der Waals surface area contributed by atoms with Gasteiger partial charge in [0.1, 0.15) is 11.3 Å². The Labute approximate surface area is 174 Å². The van der Waals surface area contributed by atoms with Gasteiger partial charge in [-0.3, -0.25) is 9.48 Å². The molecule has 0 aliphatic heterocycles. The van der Waals surface area contributed by atoms with E-state index in [-0.39, 0.29) is 5.91 Å². The number of nitrogens with one attached hydrogen (secondary N) is 1. The number of ether oxygens (including phenoxy) is 1. The van der Waals surface area contributed by atoms with Gasteiger partial charge < -0.3 is 10.1 Å². The summed E-state index contributed by atoms with van der Waals surface area (Å²) < 4.78 is 7.17. The summed E-state index contributed by atoms with van der Waals surface area (Å²) in [6.45, 7) is 7.73. The molecular weight excluding hydrogens is 386 g/mol. The van der Waals surface area contributed by atoms with Crippen molar-refractivity contribution in [2.75, 3.05) is 0 Å². The third-order valence-electron chi connectivity index (χ3n) is 4.07. The van der Waals surface area contributed by atoms with E-state index >= 15 is 0 Å². The molecule has 2 heterocycles. The second kappa shape index (κ2) is 8.61. The Bertz CT molecular complexity index is 973. The second-order valence-electron chi connectivity index (χ2n) is 7.84. The van der Waals surface area contributed by atoms with E-state index in [4.69, 9.17) is 4.74 Å². The lowest BCUT2D eigenvalue weighted by Gasteiger charge is -2.23. The predicted molar refractivity (Wildman–Crippen MR) is 114 cm³/mol. The van der Waals surface area contributed by atoms with Crippen molar-refractivity contribution in [1.82, 2.24) is 15.1 Å². The van der Waals surface area contributed by atoms with E-state index in [1.54, 1.807) is 17.8 Å². The van der Waals surface area contributed by atoms with Crippen LogP contribution < -0.4 is 5.32 Å². The Morgan fingerprint density at radius 2 is 1.90 bits per heavy atom. The highest BCUT2D eigenvalue weighted by atomic mass is 32.1. The van der Waals surface area contributed by atoms with E-state index in [1.807, 2.05) is 68.6 Å². The van der Waals surface area contributed by atoms with E-state index in [1.165, 1.54) is 11.3 Å². The Hall–Kier alpha value is -2.93. The molecule has 3 aromatic rings. The van der Waals surface area contributed by atoms with Gasteiger partial charge in [0, 0.05) is 11.7 Å². The number of esters is 1. The van der Waals surface area contributed by atoms with Gasteiger partial charge in [0.2, 0.25) is 0 Å². The summed E-state index contributed by atoms with van der Waals surface area (Å²) in [5.74, 6) is -0.899. The minimum Gasteiger partial charge on any atom is -0.449 e. The molecule has 0 fully saturated rings. The molecular formula is C22H25N3O3S. The molecule has 0 saturated carbocycles. The van der Waals surface area contributed by atoms with Crippen LogP contribution in [0.4, 0.5) is 0 Å². The maximum atomic E-state index is 12.9. The van der Waals surface area contributed by atoms with E-state index in [0.29, 0.717) is 17.8 Å². The summed E-state index contributed by atoms with van der Waals surface area (Å²) in [4.78, 5) is 26.0. The van der Waals surface area contributed by atoms with Crippen LogP contribution in [0.5, 0.6) is 0 Å². The van der Waals surface area contributed by atoms with Crippen molar-refractivity contribution in [1.29, 1.82) is 0 Å². The Kier molecular flexibility index (Phi) is 6.17. The number of hydrogen-bond donors (Lipinski definition) is 1. The molecule has 1 atom stereocenters. The van der Waals surface area contributed by atoms with Gasteiger partial charge in [-0.15, -0.1) is 11.3 Å². The number of aromatic nitrogens is 2. The molecule has 3 rings (SSSR count). The number of nitrogens with zero attached hydrogens (tertiary/aromatic N) is 2. The van der Waals surface area contributed by atoms with Crippen molar-refractivity contribution >= 4 is 23.2 Å². The molecule has 0 unspecified atom stereocenters. The molecule has 0 spiro atoms. The number of amides is 1. The van der Waals surface area contributed by atoms with Gasteiger partial charge in [0.25, 0.3) is 5.91 Å². The fraction of sp³-hybridized carbons (Fsp3) is 0.318. The minimum absolute atomic E-state index is 0.333. The lowest BCUT2D eigenvalue weighted by Crippen LogP contribution is -2.46. The fourth-order valence-electron chi connectivity index (χ4n) is 2.77. The van der Waals surface area contributed by atoms with Crippen LogP contribution in [0.25, 0.3) is 10.6 Å². The van der Waals surface area contributed by atoms with Crippen molar-refractivity contribution in [2.45, 2.75) is 45.9 Å². The van der Waals surface area contributed by atoms with Crippen LogP contribution in [0.3, 0.4) is 0 Å². The average molecular weight is 412 g/mol. The highest BCUT2D eigenvalue weighted by Gasteiger charge is 2.26. The Balaban J connectivity index is 1.83. The van der Waals surface area contributed by atoms with Crippen LogP contribution in [0, 0.1) is 0 Å². The number of thiophene rings is 1. The van der Waals surface area contributed by atoms with Gasteiger partial charge >= 0.3 is 5.97 Å². The van der Waals surface area contributed by atoms with Gasteiger partial charge in [0.05, 0.1) is 11.4 Å². The highest BCUT2D eigenvalue weighted by Crippen LogP contribution is 2.27. The van der Waals surface area contributed by atoms with Crippen molar-refractivity contribution < 1.29 is 14.3 Å². The van der Waals surface area contributed by atoms with E-state index < -0.39 is 17.6 Å². The standard InChI is InChI=1S/C22H25N3O3S/c1-15(20(26)23-22(2,3)4)28-21(27)17-14-25(13-16-9-6-5-7-10-16)24-19(17)18-11-8-12-29-18/h5-12,14-15H,13H2,1-4H3,(H,23,26)/t15-/m1/s1. The first kappa shape index (κ1) is 20.8. The van der Waals surface area contributed by atoms with Gasteiger partial charge in [0.15, 0.2) is 6.10 Å². The summed E-state index contributed by atoms with van der Waals surface area (Å²) >= 11 is 1.50. The number of carbonyl (C=O) groups is 2. The van der Waals surface area contributed by atoms with Crippen LogP contribution in [0.1, 0.15) is 43.6 Å². The van der Waals surface area contributed by atoms with Crippen LogP contribution in [-0.2, 0) is 16.1 Å². The van der Waals surface area contributed by atoms with Gasteiger partial charge in [-0.25, -0.2) is 4.79 Å². The van der Waals surface area contributed by atoms with E-state index in [2.05, 4.69) is 10.4 Å². The number of rotatable bonds is 6. The second-order valence-corrected chi connectivity index (χ2v) is 8.79. The molecule has 152 valence electrons. The van der Waals surface area contributed by atoms with Crippen molar-refractivity contribution in [3.63, 3.8) is 0 Å². The third-order valence-corrected chi connectivity index (χ3v) is 4.95. The van der Waals surface area contributed by atoms with Crippen molar-refractivity contribution in [3.8, 4) is 10.6 Å². The normalized spacial score (nSPS) is 12.4. The molecule has 29 heavy (non-hydrogen) atoms. The lowest BCUT2D eigenvalue weighted by atomic mass is 10.1. The fourth-order valence-corrected chi connectivity index (χ4v) is 3.49. The van der Waals surface area contributed by atoms with Crippen LogP contribution in [-0.4, -0.2) is 33.3 Å². The summed E-state index contributed by atoms with van der Waals surface area (Å²) in [5.41, 5.74) is 1.58. The van der Waals surface area contributed by atoms with Crippen LogP contribution in [0.15, 0.2) is 54.0 Å². The first-order valence-electron chi connectivity index (χ1n) is 9.41. The summed E-state index contributed by atoms with van der Waals surface area (Å²) in [5, 5.41) is 9.36. The quantitative estimate of drug-likeness (QED) is 0.619. The van der Waals surface area contributed by atoms with E-state index in [0.717, 1.165) is 10.4 Å². The highest BCUT2D eigenvalue weighted by molar-refractivity contribution is 7.13. The SMILES string of the molecule is C[C@@H](OC(=O)c1cn(Cc2ccccc2)nc1-c1cccs1)C(=O)NC(C)(C)C. The first-order chi connectivity index (χ1) is 13.7. The summed E-state index contributed by atoms with van der Waals surface area (Å²) in [6.07, 6.45) is 0.772. The van der Waals surface area contributed by atoms with Crippen LogP contribution >= 0.6 is 11.3 Å². The monoisotopic (exact) mass is 411 g/mol. The molecule has 1 N–H and O–H groups in total. The van der Waals surface area contributed by atoms with E-state index in [9.17, 15) is 9.59 Å². The molecule has 0 radical (unpaired) electrons. The number of carbonyl (C=O) groups excluding carboxylic acids is 2. The van der Waals surface area contributed by atoms with Crippen molar-refractivity contribution in [2.24, 2.45) is 0 Å². The first-order valence-corrected chi connectivity index (χ1v) is 10.3. The Morgan fingerprint density at radius 1 is 1.17 bits per heavy atom. The molecule has 6 nitrogen and oxygen atoms in total.